The maximum absolute atomic E-state index is 10.3. The van der Waals surface area contributed by atoms with Crippen molar-refractivity contribution in [2.24, 2.45) is 0 Å². The predicted molar refractivity (Wildman–Crippen MR) is 78.3 cm³/mol. The van der Waals surface area contributed by atoms with Crippen LogP contribution >= 0.6 is 0 Å². The van der Waals surface area contributed by atoms with Gasteiger partial charge in [-0.1, -0.05) is 13.8 Å². The summed E-state index contributed by atoms with van der Waals surface area (Å²) in [5.74, 6) is 1.14. The molecule has 2 rings (SSSR count). The third-order valence-corrected chi connectivity index (χ3v) is 3.36. The Morgan fingerprint density at radius 1 is 1.19 bits per heavy atom. The largest absolute Gasteiger partial charge is 0.388 e. The standard InChI is InChI=1S/C12H20N8O/c1-4-12(21,5-2)6-15-10-17-9(13-3)18-11(19-10)20-8-14-7-16-20/h7-8,21H,4-6H2,1-3H3,(H2,13,15,17,18,19). The van der Waals surface area contributed by atoms with Crippen LogP contribution in [0.5, 0.6) is 0 Å². The van der Waals surface area contributed by atoms with Crippen LogP contribution < -0.4 is 10.6 Å². The maximum atomic E-state index is 10.3. The summed E-state index contributed by atoms with van der Waals surface area (Å²) in [6.45, 7) is 4.25. The molecule has 0 fully saturated rings. The van der Waals surface area contributed by atoms with Gasteiger partial charge in [-0.25, -0.2) is 4.98 Å². The maximum Gasteiger partial charge on any atom is 0.258 e. The van der Waals surface area contributed by atoms with E-state index in [9.17, 15) is 5.11 Å². The molecule has 0 atom stereocenters. The van der Waals surface area contributed by atoms with Crippen LogP contribution in [0.1, 0.15) is 26.7 Å². The Balaban J connectivity index is 2.21. The molecule has 3 N–H and O–H groups in total. The van der Waals surface area contributed by atoms with Crippen LogP contribution in [0.4, 0.5) is 11.9 Å². The average Bonchev–Trinajstić information content (AvgIpc) is 3.06. The summed E-state index contributed by atoms with van der Waals surface area (Å²) in [5, 5.41) is 20.2. The molecular weight excluding hydrogens is 272 g/mol. The number of nitrogens with zero attached hydrogens (tertiary/aromatic N) is 6. The zero-order chi connectivity index (χ0) is 15.3. The molecule has 2 heterocycles. The highest BCUT2D eigenvalue weighted by atomic mass is 16.3. The van der Waals surface area contributed by atoms with Gasteiger partial charge < -0.3 is 15.7 Å². The zero-order valence-electron chi connectivity index (χ0n) is 12.4. The third kappa shape index (κ3) is 3.63. The molecule has 9 nitrogen and oxygen atoms in total. The lowest BCUT2D eigenvalue weighted by atomic mass is 9.98. The van der Waals surface area contributed by atoms with E-state index in [2.05, 4.69) is 35.7 Å². The summed E-state index contributed by atoms with van der Waals surface area (Å²) in [5.41, 5.74) is -0.778. The first-order valence-electron chi connectivity index (χ1n) is 6.85. The van der Waals surface area contributed by atoms with Gasteiger partial charge in [-0.05, 0) is 12.8 Å². The number of hydrogen-bond acceptors (Lipinski definition) is 8. The van der Waals surface area contributed by atoms with Gasteiger partial charge in [0.2, 0.25) is 11.9 Å². The fourth-order valence-corrected chi connectivity index (χ4v) is 1.71. The Bertz CT molecular complexity index is 567. The lowest BCUT2D eigenvalue weighted by Crippen LogP contribution is -2.36. The van der Waals surface area contributed by atoms with Crippen LogP contribution in [0.25, 0.3) is 5.95 Å². The highest BCUT2D eigenvalue weighted by Gasteiger charge is 2.22. The first-order valence-corrected chi connectivity index (χ1v) is 6.85. The number of aromatic nitrogens is 6. The normalized spacial score (nSPS) is 11.4. The van der Waals surface area contributed by atoms with E-state index in [-0.39, 0.29) is 0 Å². The van der Waals surface area contributed by atoms with E-state index in [4.69, 9.17) is 0 Å². The molecule has 0 spiro atoms. The van der Waals surface area contributed by atoms with Crippen LogP contribution in [0.2, 0.25) is 0 Å². The molecule has 21 heavy (non-hydrogen) atoms. The number of rotatable bonds is 7. The van der Waals surface area contributed by atoms with E-state index < -0.39 is 5.60 Å². The number of aliphatic hydroxyl groups is 1. The van der Waals surface area contributed by atoms with E-state index in [1.165, 1.54) is 17.3 Å². The fourth-order valence-electron chi connectivity index (χ4n) is 1.71. The Kier molecular flexibility index (Phi) is 4.63. The molecule has 0 radical (unpaired) electrons. The first kappa shape index (κ1) is 15.1. The van der Waals surface area contributed by atoms with E-state index in [0.717, 1.165) is 0 Å². The number of nitrogens with one attached hydrogen (secondary N) is 2. The van der Waals surface area contributed by atoms with Crippen LogP contribution in [0, 0.1) is 0 Å². The Morgan fingerprint density at radius 3 is 2.48 bits per heavy atom. The molecule has 0 aromatic carbocycles. The Labute approximate surface area is 122 Å². The number of anilines is 2. The minimum Gasteiger partial charge on any atom is -0.388 e. The van der Waals surface area contributed by atoms with Gasteiger partial charge in [-0.15, -0.1) is 0 Å². The van der Waals surface area contributed by atoms with Crippen molar-refractivity contribution in [3.8, 4) is 5.95 Å². The van der Waals surface area contributed by atoms with Crippen molar-refractivity contribution >= 4 is 11.9 Å². The second kappa shape index (κ2) is 6.44. The minimum absolute atomic E-state index is 0.353. The third-order valence-electron chi connectivity index (χ3n) is 3.36. The second-order valence-electron chi connectivity index (χ2n) is 4.66. The molecule has 0 saturated heterocycles. The van der Waals surface area contributed by atoms with Gasteiger partial charge in [0.05, 0.1) is 5.60 Å². The second-order valence-corrected chi connectivity index (χ2v) is 4.66. The lowest BCUT2D eigenvalue weighted by Gasteiger charge is -2.25. The van der Waals surface area contributed by atoms with Crippen LogP contribution in [0.15, 0.2) is 12.7 Å². The van der Waals surface area contributed by atoms with Gasteiger partial charge in [-0.2, -0.15) is 24.7 Å². The minimum atomic E-state index is -0.778. The molecule has 0 bridgehead atoms. The molecule has 0 saturated carbocycles. The fraction of sp³-hybridized carbons (Fsp3) is 0.583. The predicted octanol–water partition coefficient (Wildman–Crippen LogP) is 0.457. The van der Waals surface area contributed by atoms with E-state index in [0.29, 0.717) is 37.2 Å². The van der Waals surface area contributed by atoms with Gasteiger partial charge >= 0.3 is 0 Å². The number of hydrogen-bond donors (Lipinski definition) is 3. The average molecular weight is 292 g/mol. The smallest absolute Gasteiger partial charge is 0.258 e. The van der Waals surface area contributed by atoms with Crippen molar-refractivity contribution in [3.05, 3.63) is 12.7 Å². The van der Waals surface area contributed by atoms with Crippen molar-refractivity contribution in [1.29, 1.82) is 0 Å². The van der Waals surface area contributed by atoms with Crippen molar-refractivity contribution in [2.75, 3.05) is 24.2 Å². The van der Waals surface area contributed by atoms with Crippen molar-refractivity contribution in [3.63, 3.8) is 0 Å². The summed E-state index contributed by atoms with van der Waals surface area (Å²) in [6.07, 6.45) is 4.21. The Hall–Kier alpha value is -2.29. The van der Waals surface area contributed by atoms with Gasteiger partial charge in [0.1, 0.15) is 12.7 Å². The summed E-state index contributed by atoms with van der Waals surface area (Å²) in [4.78, 5) is 16.6. The SMILES string of the molecule is CCC(O)(CC)CNc1nc(NC)nc(-n2cncn2)n1. The molecule has 2 aromatic heterocycles. The lowest BCUT2D eigenvalue weighted by molar-refractivity contribution is 0.0455. The molecule has 0 aliphatic carbocycles. The van der Waals surface area contributed by atoms with Crippen molar-refractivity contribution in [1.82, 2.24) is 29.7 Å². The molecule has 0 aliphatic heterocycles. The van der Waals surface area contributed by atoms with E-state index >= 15 is 0 Å². The summed E-state index contributed by atoms with van der Waals surface area (Å²) < 4.78 is 1.44. The topological polar surface area (TPSA) is 114 Å². The van der Waals surface area contributed by atoms with Crippen molar-refractivity contribution < 1.29 is 5.11 Å². The molecule has 0 aliphatic rings. The highest BCUT2D eigenvalue weighted by Crippen LogP contribution is 2.16. The highest BCUT2D eigenvalue weighted by molar-refractivity contribution is 5.37. The van der Waals surface area contributed by atoms with Gasteiger partial charge in [0.15, 0.2) is 0 Å². The van der Waals surface area contributed by atoms with Crippen LogP contribution in [-0.2, 0) is 0 Å². The quantitative estimate of drug-likeness (QED) is 0.674. The van der Waals surface area contributed by atoms with Crippen LogP contribution in [-0.4, -0.2) is 54.0 Å². The van der Waals surface area contributed by atoms with Crippen molar-refractivity contribution in [2.45, 2.75) is 32.3 Å². The molecule has 114 valence electrons. The zero-order valence-corrected chi connectivity index (χ0v) is 12.4. The monoisotopic (exact) mass is 292 g/mol. The molecular formula is C12H20N8O. The van der Waals surface area contributed by atoms with E-state index in [1.54, 1.807) is 7.05 Å². The van der Waals surface area contributed by atoms with Gasteiger partial charge in [0.25, 0.3) is 5.95 Å². The molecule has 0 amide bonds. The molecule has 2 aromatic rings. The van der Waals surface area contributed by atoms with Gasteiger partial charge in [-0.3, -0.25) is 0 Å². The van der Waals surface area contributed by atoms with Crippen LogP contribution in [0.3, 0.4) is 0 Å². The first-order chi connectivity index (χ1) is 10.1. The summed E-state index contributed by atoms with van der Waals surface area (Å²) in [6, 6.07) is 0. The van der Waals surface area contributed by atoms with E-state index in [1.807, 2.05) is 13.8 Å². The molecule has 9 heteroatoms. The summed E-state index contributed by atoms with van der Waals surface area (Å²) >= 11 is 0. The Morgan fingerprint density at radius 2 is 1.90 bits per heavy atom. The summed E-state index contributed by atoms with van der Waals surface area (Å²) in [7, 11) is 1.72. The van der Waals surface area contributed by atoms with Gasteiger partial charge in [0, 0.05) is 13.6 Å². The molecule has 0 unspecified atom stereocenters.